The van der Waals surface area contributed by atoms with Crippen LogP contribution in [0.25, 0.3) is 0 Å². The summed E-state index contributed by atoms with van der Waals surface area (Å²) in [4.78, 5) is 14.4. The second kappa shape index (κ2) is 10.1. The van der Waals surface area contributed by atoms with Gasteiger partial charge in [0.25, 0.3) is 0 Å². The van der Waals surface area contributed by atoms with Gasteiger partial charge in [0, 0.05) is 4.90 Å². The van der Waals surface area contributed by atoms with Crippen molar-refractivity contribution in [1.29, 1.82) is 0 Å². The lowest BCUT2D eigenvalue weighted by molar-refractivity contribution is -0.116. The minimum absolute atomic E-state index is 0.107. The van der Waals surface area contributed by atoms with Crippen molar-refractivity contribution in [3.05, 3.63) is 108 Å². The van der Waals surface area contributed by atoms with Crippen molar-refractivity contribution >= 4 is 23.7 Å². The molecule has 0 fully saturated rings. The molecule has 4 aromatic rings. The number of carbonyl (C=O) groups excluding carboxylic acids is 1. The molecule has 0 unspecified atom stereocenters. The highest BCUT2D eigenvalue weighted by Gasteiger charge is 2.24. The predicted octanol–water partition coefficient (Wildman–Crippen LogP) is 5.54. The van der Waals surface area contributed by atoms with Crippen LogP contribution in [0.1, 0.15) is 35.4 Å². The van der Waals surface area contributed by atoms with E-state index in [1.807, 2.05) is 60.7 Å². The quantitative estimate of drug-likeness (QED) is 0.372. The maximum Gasteiger partial charge on any atom is 0.322 e. The van der Waals surface area contributed by atoms with E-state index in [1.54, 1.807) is 11.8 Å². The number of aromatic nitrogens is 2. The Kier molecular flexibility index (Phi) is 6.79. The molecule has 6 heteroatoms. The van der Waals surface area contributed by atoms with Crippen LogP contribution in [-0.2, 0) is 11.2 Å². The first kappa shape index (κ1) is 20.9. The maximum absolute atomic E-state index is 13.1. The van der Waals surface area contributed by atoms with E-state index in [9.17, 15) is 4.79 Å². The second-order valence-electron chi connectivity index (χ2n) is 7.00. The lowest BCUT2D eigenvalue weighted by Gasteiger charge is -2.16. The first-order valence-electron chi connectivity index (χ1n) is 10.2. The maximum atomic E-state index is 13.1. The highest BCUT2D eigenvalue weighted by Crippen LogP contribution is 2.26. The van der Waals surface area contributed by atoms with Crippen molar-refractivity contribution in [2.24, 2.45) is 0 Å². The fraction of sp³-hybridized carbons (Fsp3) is 0.160. The average molecular weight is 430 g/mol. The Morgan fingerprint density at radius 1 is 0.903 bits per heavy atom. The van der Waals surface area contributed by atoms with Crippen molar-refractivity contribution in [3.8, 4) is 0 Å². The topological polar surface area (TPSA) is 68.0 Å². The third kappa shape index (κ3) is 5.41. The fourth-order valence-electron chi connectivity index (χ4n) is 3.38. The van der Waals surface area contributed by atoms with Crippen LogP contribution < -0.4 is 5.32 Å². The molecule has 3 aromatic carbocycles. The molecule has 0 radical (unpaired) electrons. The Balaban J connectivity index is 1.48. The Morgan fingerprint density at radius 3 is 2.10 bits per heavy atom. The summed E-state index contributed by atoms with van der Waals surface area (Å²) in [6.07, 6.45) is 0.515. The summed E-state index contributed by atoms with van der Waals surface area (Å²) in [6.45, 7) is 2.13. The van der Waals surface area contributed by atoms with Crippen LogP contribution in [0.3, 0.4) is 0 Å². The average Bonchev–Trinajstić information content (AvgIpc) is 3.23. The van der Waals surface area contributed by atoms with E-state index in [-0.39, 0.29) is 11.9 Å². The van der Waals surface area contributed by atoms with Gasteiger partial charge in [-0.2, -0.15) is 0 Å². The van der Waals surface area contributed by atoms with Crippen LogP contribution in [0.4, 0.5) is 6.01 Å². The summed E-state index contributed by atoms with van der Waals surface area (Å²) in [5.41, 5.74) is 2.88. The molecule has 1 aromatic heterocycles. The number of amides is 1. The van der Waals surface area contributed by atoms with Gasteiger partial charge in [0.05, 0.1) is 12.3 Å². The third-order valence-corrected chi connectivity index (χ3v) is 5.71. The van der Waals surface area contributed by atoms with Crippen LogP contribution >= 0.6 is 11.8 Å². The molecule has 0 aliphatic rings. The zero-order chi connectivity index (χ0) is 21.5. The van der Waals surface area contributed by atoms with Crippen LogP contribution in [0.5, 0.6) is 0 Å². The summed E-state index contributed by atoms with van der Waals surface area (Å²) in [5, 5.41) is 10.9. The summed E-state index contributed by atoms with van der Waals surface area (Å²) in [5.74, 6) is 0.816. The molecular formula is C25H23N3O2S. The molecule has 1 amide bonds. The molecule has 0 bridgehead atoms. The largest absolute Gasteiger partial charge is 0.407 e. The highest BCUT2D eigenvalue weighted by molar-refractivity contribution is 7.99. The molecular weight excluding hydrogens is 406 g/mol. The van der Waals surface area contributed by atoms with E-state index in [0.717, 1.165) is 22.4 Å². The Bertz CT molecular complexity index is 1070. The zero-order valence-corrected chi connectivity index (χ0v) is 18.0. The number of thioether (sulfide) groups is 1. The van der Waals surface area contributed by atoms with Gasteiger partial charge < -0.3 is 4.42 Å². The standard InChI is InChI=1S/C25H23N3O2S/c1-2-31-21-15-13-18(14-16-21)17-22-27-28-25(30-22)26-24(29)23(19-9-5-3-6-10-19)20-11-7-4-8-12-20/h3-16,23H,2,17H2,1H3,(H,26,28,29). The van der Waals surface area contributed by atoms with E-state index in [2.05, 4.69) is 46.7 Å². The van der Waals surface area contributed by atoms with Gasteiger partial charge in [0.1, 0.15) is 0 Å². The first-order valence-corrected chi connectivity index (χ1v) is 11.2. The normalized spacial score (nSPS) is 10.9. The molecule has 5 nitrogen and oxygen atoms in total. The molecule has 31 heavy (non-hydrogen) atoms. The van der Waals surface area contributed by atoms with Crippen molar-refractivity contribution in [1.82, 2.24) is 10.2 Å². The van der Waals surface area contributed by atoms with Gasteiger partial charge in [0.2, 0.25) is 11.8 Å². The lowest BCUT2D eigenvalue weighted by atomic mass is 9.90. The molecule has 4 rings (SSSR count). The summed E-state index contributed by atoms with van der Waals surface area (Å²) < 4.78 is 5.70. The third-order valence-electron chi connectivity index (χ3n) is 4.81. The first-order chi connectivity index (χ1) is 15.2. The van der Waals surface area contributed by atoms with Crippen molar-refractivity contribution < 1.29 is 9.21 Å². The number of benzene rings is 3. The monoisotopic (exact) mass is 429 g/mol. The van der Waals surface area contributed by atoms with Crippen molar-refractivity contribution in [2.45, 2.75) is 24.2 Å². The van der Waals surface area contributed by atoms with Crippen LogP contribution in [0.15, 0.2) is 94.2 Å². The van der Waals surface area contributed by atoms with Gasteiger partial charge in [-0.25, -0.2) is 0 Å². The SMILES string of the molecule is CCSc1ccc(Cc2nnc(NC(=O)C(c3ccccc3)c3ccccc3)o2)cc1. The van der Waals surface area contributed by atoms with Gasteiger partial charge >= 0.3 is 6.01 Å². The molecule has 0 saturated heterocycles. The van der Waals surface area contributed by atoms with Crippen LogP contribution in [0, 0.1) is 0 Å². The lowest BCUT2D eigenvalue weighted by Crippen LogP contribution is -2.22. The number of carbonyl (C=O) groups is 1. The van der Waals surface area contributed by atoms with E-state index < -0.39 is 5.92 Å². The molecule has 0 spiro atoms. The van der Waals surface area contributed by atoms with Crippen molar-refractivity contribution in [3.63, 3.8) is 0 Å². The zero-order valence-electron chi connectivity index (χ0n) is 17.2. The smallest absolute Gasteiger partial charge is 0.322 e. The van der Waals surface area contributed by atoms with Gasteiger partial charge in [-0.1, -0.05) is 84.8 Å². The Hall–Kier alpha value is -3.38. The summed E-state index contributed by atoms with van der Waals surface area (Å²) >= 11 is 1.80. The second-order valence-corrected chi connectivity index (χ2v) is 8.34. The van der Waals surface area contributed by atoms with E-state index >= 15 is 0 Å². The molecule has 0 aliphatic heterocycles. The van der Waals surface area contributed by atoms with E-state index in [4.69, 9.17) is 4.42 Å². The summed E-state index contributed by atoms with van der Waals surface area (Å²) in [6, 6.07) is 27.7. The van der Waals surface area contributed by atoms with Gasteiger partial charge in [-0.05, 0) is 34.6 Å². The summed E-state index contributed by atoms with van der Waals surface area (Å²) in [7, 11) is 0. The van der Waals surface area contributed by atoms with Gasteiger partial charge in [-0.3, -0.25) is 10.1 Å². The van der Waals surface area contributed by atoms with E-state index in [0.29, 0.717) is 12.3 Å². The minimum Gasteiger partial charge on any atom is -0.407 e. The Morgan fingerprint density at radius 2 is 1.52 bits per heavy atom. The number of nitrogens with zero attached hydrogens (tertiary/aromatic N) is 2. The molecule has 0 aliphatic carbocycles. The number of rotatable bonds is 8. The van der Waals surface area contributed by atoms with Crippen LogP contribution in [0.2, 0.25) is 0 Å². The number of hydrogen-bond donors (Lipinski definition) is 1. The number of nitrogens with one attached hydrogen (secondary N) is 1. The minimum atomic E-state index is -0.471. The van der Waals surface area contributed by atoms with Crippen molar-refractivity contribution in [2.75, 3.05) is 11.1 Å². The molecule has 1 heterocycles. The van der Waals surface area contributed by atoms with Crippen LogP contribution in [-0.4, -0.2) is 21.9 Å². The highest BCUT2D eigenvalue weighted by atomic mass is 32.2. The van der Waals surface area contributed by atoms with E-state index in [1.165, 1.54) is 4.90 Å². The Labute approximate surface area is 185 Å². The number of anilines is 1. The predicted molar refractivity (Wildman–Crippen MR) is 123 cm³/mol. The van der Waals surface area contributed by atoms with Gasteiger partial charge in [0.15, 0.2) is 0 Å². The molecule has 1 N–H and O–H groups in total. The fourth-order valence-corrected chi connectivity index (χ4v) is 4.05. The molecule has 156 valence electrons. The molecule has 0 atom stereocenters. The molecule has 0 saturated carbocycles. The van der Waals surface area contributed by atoms with Gasteiger partial charge in [-0.15, -0.1) is 16.9 Å². The number of hydrogen-bond acceptors (Lipinski definition) is 5.